The van der Waals surface area contributed by atoms with Crippen LogP contribution in [0.3, 0.4) is 0 Å². The molecule has 2 aliphatic rings. The van der Waals surface area contributed by atoms with Crippen molar-refractivity contribution in [1.29, 1.82) is 0 Å². The van der Waals surface area contributed by atoms with Crippen molar-refractivity contribution in [3.63, 3.8) is 0 Å². The topological polar surface area (TPSA) is 12.5 Å². The Hall–Kier alpha value is -1.51. The molecule has 2 aromatic carbocycles. The molecule has 0 aromatic heterocycles. The zero-order valence-electron chi connectivity index (χ0n) is 12.2. The fourth-order valence-corrected chi connectivity index (χ4v) is 3.74. The molecule has 2 unspecified atom stereocenters. The lowest BCUT2D eigenvalue weighted by atomic mass is 9.74. The molecule has 1 saturated heterocycles. The number of hydrogen-bond acceptors (Lipinski definition) is 2. The largest absolute Gasteiger partial charge is 0.482 e. The highest BCUT2D eigenvalue weighted by Crippen LogP contribution is 2.53. The van der Waals surface area contributed by atoms with E-state index in [1.807, 2.05) is 0 Å². The first-order valence-corrected chi connectivity index (χ1v) is 7.32. The number of halogens is 1. The Labute approximate surface area is 132 Å². The number of para-hydroxylation sites is 1. The number of piperidine rings is 1. The monoisotopic (exact) mass is 301 g/mol. The van der Waals surface area contributed by atoms with Crippen molar-refractivity contribution in [2.24, 2.45) is 0 Å². The van der Waals surface area contributed by atoms with Gasteiger partial charge in [0, 0.05) is 31.0 Å². The molecule has 21 heavy (non-hydrogen) atoms. The third-order valence-electron chi connectivity index (χ3n) is 4.77. The summed E-state index contributed by atoms with van der Waals surface area (Å²) in [5.41, 5.74) is 2.51. The Morgan fingerprint density at radius 2 is 1.76 bits per heavy atom. The normalized spacial score (nSPS) is 27.2. The Morgan fingerprint density at radius 1 is 1.05 bits per heavy atom. The lowest BCUT2D eigenvalue weighted by molar-refractivity contribution is 0.00703. The summed E-state index contributed by atoms with van der Waals surface area (Å²) in [7, 11) is 2.20. The first-order chi connectivity index (χ1) is 9.79. The molecule has 0 bridgehead atoms. The van der Waals surface area contributed by atoms with E-state index in [0.717, 1.165) is 25.3 Å². The minimum absolute atomic E-state index is 0. The molecule has 2 aromatic rings. The van der Waals surface area contributed by atoms with Gasteiger partial charge in [-0.1, -0.05) is 48.5 Å². The number of benzene rings is 2. The van der Waals surface area contributed by atoms with Crippen molar-refractivity contribution in [1.82, 2.24) is 4.90 Å². The summed E-state index contributed by atoms with van der Waals surface area (Å²) in [6.07, 6.45) is 1.05. The van der Waals surface area contributed by atoms with Crippen molar-refractivity contribution in [3.8, 4) is 5.75 Å². The van der Waals surface area contributed by atoms with E-state index in [1.165, 1.54) is 11.1 Å². The van der Waals surface area contributed by atoms with Crippen molar-refractivity contribution < 1.29 is 4.74 Å². The highest BCUT2D eigenvalue weighted by molar-refractivity contribution is 5.85. The van der Waals surface area contributed by atoms with Crippen LogP contribution in [-0.2, 0) is 5.60 Å². The molecular weight excluding hydrogens is 282 g/mol. The Balaban J connectivity index is 0.00000132. The molecule has 2 aliphatic heterocycles. The standard InChI is InChI=1S/C18H19NO.ClH/c1-19-12-11-18(14-7-3-2-4-8-14)16(13-19)15-9-5-6-10-17(15)20-18;/h2-10,16H,11-13H2,1H3;1H. The maximum atomic E-state index is 6.51. The minimum atomic E-state index is -0.169. The van der Waals surface area contributed by atoms with Crippen LogP contribution in [-0.4, -0.2) is 25.0 Å². The third kappa shape index (κ3) is 2.14. The van der Waals surface area contributed by atoms with Crippen LogP contribution in [0.1, 0.15) is 23.5 Å². The van der Waals surface area contributed by atoms with Crippen LogP contribution in [0.4, 0.5) is 0 Å². The fourth-order valence-electron chi connectivity index (χ4n) is 3.74. The molecular formula is C18H20ClNO. The van der Waals surface area contributed by atoms with E-state index in [9.17, 15) is 0 Å². The highest BCUT2D eigenvalue weighted by atomic mass is 35.5. The molecule has 0 N–H and O–H groups in total. The zero-order chi connectivity index (χ0) is 13.6. The van der Waals surface area contributed by atoms with Crippen LogP contribution >= 0.6 is 12.4 Å². The second kappa shape index (κ2) is 5.36. The summed E-state index contributed by atoms with van der Waals surface area (Å²) in [4.78, 5) is 2.41. The lowest BCUT2D eigenvalue weighted by Gasteiger charge is -2.42. The Morgan fingerprint density at radius 3 is 2.57 bits per heavy atom. The van der Waals surface area contributed by atoms with Gasteiger partial charge in [0.1, 0.15) is 11.4 Å². The number of nitrogens with zero attached hydrogens (tertiary/aromatic N) is 1. The van der Waals surface area contributed by atoms with Crippen LogP contribution in [0.15, 0.2) is 54.6 Å². The van der Waals surface area contributed by atoms with E-state index < -0.39 is 0 Å². The highest BCUT2D eigenvalue weighted by Gasteiger charge is 2.51. The number of hydrogen-bond donors (Lipinski definition) is 0. The molecule has 0 aliphatic carbocycles. The van der Waals surface area contributed by atoms with Gasteiger partial charge in [-0.05, 0) is 18.7 Å². The molecule has 3 heteroatoms. The van der Waals surface area contributed by atoms with Crippen LogP contribution in [0.5, 0.6) is 5.75 Å². The van der Waals surface area contributed by atoms with Gasteiger partial charge in [-0.25, -0.2) is 0 Å². The molecule has 0 radical (unpaired) electrons. The molecule has 0 saturated carbocycles. The number of likely N-dealkylation sites (N-methyl/N-ethyl adjacent to an activating group) is 1. The number of rotatable bonds is 1. The second-order valence-electron chi connectivity index (χ2n) is 5.96. The molecule has 2 heterocycles. The molecule has 1 fully saturated rings. The molecule has 2 atom stereocenters. The summed E-state index contributed by atoms with van der Waals surface area (Å²) < 4.78 is 6.51. The van der Waals surface area contributed by atoms with Gasteiger partial charge in [0.15, 0.2) is 0 Å². The summed E-state index contributed by atoms with van der Waals surface area (Å²) in [5, 5.41) is 0. The van der Waals surface area contributed by atoms with Gasteiger partial charge in [-0.15, -0.1) is 12.4 Å². The maximum absolute atomic E-state index is 6.51. The van der Waals surface area contributed by atoms with Gasteiger partial charge in [0.25, 0.3) is 0 Å². The first kappa shape index (κ1) is 14.4. The van der Waals surface area contributed by atoms with E-state index in [2.05, 4.69) is 66.5 Å². The molecule has 0 spiro atoms. The number of likely N-dealkylation sites (tertiary alicyclic amines) is 1. The van der Waals surface area contributed by atoms with Crippen molar-refractivity contribution >= 4 is 12.4 Å². The van der Waals surface area contributed by atoms with Crippen molar-refractivity contribution in [2.45, 2.75) is 17.9 Å². The minimum Gasteiger partial charge on any atom is -0.482 e. The lowest BCUT2D eigenvalue weighted by Crippen LogP contribution is -2.47. The van der Waals surface area contributed by atoms with E-state index in [0.29, 0.717) is 5.92 Å². The second-order valence-corrected chi connectivity index (χ2v) is 5.96. The fraction of sp³-hybridized carbons (Fsp3) is 0.333. The average Bonchev–Trinajstić information content (AvgIpc) is 2.83. The molecule has 2 nitrogen and oxygen atoms in total. The molecule has 0 amide bonds. The number of ether oxygens (including phenoxy) is 1. The SMILES string of the molecule is CN1CCC2(c3ccccc3)Oc3ccccc3C2C1.Cl. The van der Waals surface area contributed by atoms with E-state index in [-0.39, 0.29) is 18.0 Å². The predicted octanol–water partition coefficient (Wildman–Crippen LogP) is 3.82. The zero-order valence-corrected chi connectivity index (χ0v) is 13.0. The van der Waals surface area contributed by atoms with Gasteiger partial charge in [0.2, 0.25) is 0 Å². The van der Waals surface area contributed by atoms with Crippen LogP contribution in [0.25, 0.3) is 0 Å². The van der Waals surface area contributed by atoms with Crippen LogP contribution < -0.4 is 4.74 Å². The van der Waals surface area contributed by atoms with Crippen LogP contribution in [0.2, 0.25) is 0 Å². The van der Waals surface area contributed by atoms with E-state index in [1.54, 1.807) is 0 Å². The van der Waals surface area contributed by atoms with Gasteiger partial charge in [0.05, 0.1) is 0 Å². The van der Waals surface area contributed by atoms with Gasteiger partial charge in [-0.3, -0.25) is 0 Å². The summed E-state index contributed by atoms with van der Waals surface area (Å²) >= 11 is 0. The van der Waals surface area contributed by atoms with Crippen molar-refractivity contribution in [3.05, 3.63) is 65.7 Å². The summed E-state index contributed by atoms with van der Waals surface area (Å²) in [5.74, 6) is 1.50. The average molecular weight is 302 g/mol. The predicted molar refractivity (Wildman–Crippen MR) is 87.3 cm³/mol. The first-order valence-electron chi connectivity index (χ1n) is 7.32. The van der Waals surface area contributed by atoms with Crippen LogP contribution in [0, 0.1) is 0 Å². The van der Waals surface area contributed by atoms with E-state index >= 15 is 0 Å². The quantitative estimate of drug-likeness (QED) is 0.794. The maximum Gasteiger partial charge on any atom is 0.143 e. The Kier molecular flexibility index (Phi) is 3.68. The number of fused-ring (bicyclic) bond motifs is 3. The Bertz CT molecular complexity index is 630. The summed E-state index contributed by atoms with van der Waals surface area (Å²) in [6.45, 7) is 2.14. The van der Waals surface area contributed by atoms with Gasteiger partial charge >= 0.3 is 0 Å². The smallest absolute Gasteiger partial charge is 0.143 e. The molecule has 110 valence electrons. The molecule has 4 rings (SSSR count). The third-order valence-corrected chi connectivity index (χ3v) is 4.77. The van der Waals surface area contributed by atoms with Crippen molar-refractivity contribution in [2.75, 3.05) is 20.1 Å². The van der Waals surface area contributed by atoms with E-state index in [4.69, 9.17) is 4.74 Å². The summed E-state index contributed by atoms with van der Waals surface area (Å²) in [6, 6.07) is 19.3. The van der Waals surface area contributed by atoms with Gasteiger partial charge in [-0.2, -0.15) is 0 Å². The van der Waals surface area contributed by atoms with Gasteiger partial charge < -0.3 is 9.64 Å².